The highest BCUT2D eigenvalue weighted by Gasteiger charge is 2.35. The summed E-state index contributed by atoms with van der Waals surface area (Å²) in [6, 6.07) is 5.22. The van der Waals surface area contributed by atoms with Gasteiger partial charge in [0.15, 0.2) is 0 Å². The number of aromatic amines is 1. The third-order valence-corrected chi connectivity index (χ3v) is 4.50. The van der Waals surface area contributed by atoms with Crippen molar-refractivity contribution in [2.75, 3.05) is 0 Å². The summed E-state index contributed by atoms with van der Waals surface area (Å²) in [5.74, 6) is 4.11. The zero-order valence-corrected chi connectivity index (χ0v) is 19.1. The second-order valence-electron chi connectivity index (χ2n) is 9.18. The molecule has 9 heteroatoms. The van der Waals surface area contributed by atoms with Gasteiger partial charge in [-0.05, 0) is 47.6 Å². The number of H-pyrrole nitrogens is 1. The van der Waals surface area contributed by atoms with E-state index in [2.05, 4.69) is 9.97 Å². The number of hydrogen-bond donors (Lipinski definition) is 2. The maximum absolute atomic E-state index is 13.2. The Morgan fingerprint density at radius 1 is 1.06 bits per heavy atom. The monoisotopic (exact) mass is 447 g/mol. The van der Waals surface area contributed by atoms with Gasteiger partial charge in [0.1, 0.15) is 16.4 Å². The maximum Gasteiger partial charge on any atom is 0.344 e. The minimum atomic E-state index is -1.37. The van der Waals surface area contributed by atoms with Crippen molar-refractivity contribution in [3.63, 3.8) is 0 Å². The molecule has 31 heavy (non-hydrogen) atoms. The van der Waals surface area contributed by atoms with Gasteiger partial charge in [-0.15, -0.1) is 0 Å². The molecule has 1 unspecified atom stereocenters. The number of fused-ring (bicyclic) bond motifs is 3. The van der Waals surface area contributed by atoms with Crippen LogP contribution in [0, 0.1) is 0 Å². The Labute approximate surface area is 184 Å². The van der Waals surface area contributed by atoms with Crippen LogP contribution in [0.15, 0.2) is 24.4 Å². The fourth-order valence-corrected chi connectivity index (χ4v) is 3.38. The van der Waals surface area contributed by atoms with Gasteiger partial charge in [-0.25, -0.2) is 20.5 Å². The predicted molar refractivity (Wildman–Crippen MR) is 118 cm³/mol. The van der Waals surface area contributed by atoms with Crippen LogP contribution in [-0.4, -0.2) is 33.1 Å². The van der Waals surface area contributed by atoms with E-state index >= 15 is 0 Å². The number of nitrogens with two attached hydrogens (primary N) is 1. The molecule has 2 aromatic heterocycles. The molecular formula is C22H26ClN3O5. The summed E-state index contributed by atoms with van der Waals surface area (Å²) < 4.78 is 11.0. The Hall–Kier alpha value is -2.68. The molecule has 1 atom stereocenters. The van der Waals surface area contributed by atoms with Crippen LogP contribution in [0.25, 0.3) is 21.7 Å². The summed E-state index contributed by atoms with van der Waals surface area (Å²) >= 11 is 6.09. The van der Waals surface area contributed by atoms with Crippen molar-refractivity contribution >= 4 is 45.2 Å². The summed E-state index contributed by atoms with van der Waals surface area (Å²) in [5, 5.41) is 2.33. The molecule has 8 nitrogen and oxygen atoms in total. The molecule has 0 amide bonds. The van der Waals surface area contributed by atoms with Crippen molar-refractivity contribution in [1.82, 2.24) is 9.97 Å². The molecule has 0 fully saturated rings. The summed E-state index contributed by atoms with van der Waals surface area (Å²) in [5.41, 5.74) is -0.684. The largest absolute Gasteiger partial charge is 0.458 e. The lowest BCUT2D eigenvalue weighted by Crippen LogP contribution is -2.31. The van der Waals surface area contributed by atoms with E-state index in [0.717, 1.165) is 5.39 Å². The van der Waals surface area contributed by atoms with Gasteiger partial charge in [0, 0.05) is 22.4 Å². The number of rotatable bonds is 4. The van der Waals surface area contributed by atoms with E-state index in [9.17, 15) is 9.59 Å². The number of ether oxygens (including phenoxy) is 2. The third kappa shape index (κ3) is 4.98. The Morgan fingerprint density at radius 2 is 1.71 bits per heavy atom. The number of benzene rings is 1. The molecule has 166 valence electrons. The molecular weight excluding hydrogens is 422 g/mol. The van der Waals surface area contributed by atoms with Gasteiger partial charge in [0.25, 0.3) is 0 Å². The zero-order valence-electron chi connectivity index (χ0n) is 18.3. The zero-order chi connectivity index (χ0) is 23.1. The summed E-state index contributed by atoms with van der Waals surface area (Å²) in [6.07, 6.45) is 0.247. The molecule has 0 saturated carbocycles. The number of esters is 2. The van der Waals surface area contributed by atoms with Gasteiger partial charge in [0.2, 0.25) is 6.10 Å². The van der Waals surface area contributed by atoms with Crippen molar-refractivity contribution in [3.8, 4) is 0 Å². The third-order valence-electron chi connectivity index (χ3n) is 4.29. The second kappa shape index (κ2) is 8.11. The Bertz CT molecular complexity index is 1160. The molecule has 3 N–H and O–H groups in total. The minimum Gasteiger partial charge on any atom is -0.458 e. The number of carbonyl (C=O) groups is 2. The van der Waals surface area contributed by atoms with Crippen molar-refractivity contribution < 1.29 is 23.9 Å². The SMILES string of the molecule is CC(C)(C)OC(=O)c1c(C(ON)C(=O)OC(C)(C)C)[nH]c2c1ccc1cnc(Cl)cc12. The Balaban J connectivity index is 2.28. The molecule has 0 radical (unpaired) electrons. The number of carbonyl (C=O) groups excluding carboxylic acids is 2. The van der Waals surface area contributed by atoms with Gasteiger partial charge in [-0.1, -0.05) is 23.7 Å². The van der Waals surface area contributed by atoms with Gasteiger partial charge in [-0.2, -0.15) is 0 Å². The Morgan fingerprint density at radius 3 is 2.29 bits per heavy atom. The van der Waals surface area contributed by atoms with E-state index in [1.54, 1.807) is 65.9 Å². The van der Waals surface area contributed by atoms with E-state index in [4.69, 9.17) is 31.8 Å². The summed E-state index contributed by atoms with van der Waals surface area (Å²) in [6.45, 7) is 10.4. The number of pyridine rings is 1. The van der Waals surface area contributed by atoms with Crippen LogP contribution in [0.4, 0.5) is 0 Å². The van der Waals surface area contributed by atoms with Gasteiger partial charge >= 0.3 is 11.9 Å². The van der Waals surface area contributed by atoms with E-state index in [0.29, 0.717) is 16.3 Å². The molecule has 0 aliphatic rings. The predicted octanol–water partition coefficient (Wildman–Crippen LogP) is 4.60. The molecule has 1 aromatic carbocycles. The first-order valence-electron chi connectivity index (χ1n) is 9.72. The average Bonchev–Trinajstić information content (AvgIpc) is 2.99. The lowest BCUT2D eigenvalue weighted by Gasteiger charge is -2.23. The standard InChI is InChI=1S/C22H26ClN3O5/c1-21(2,3)29-19(27)15-12-8-7-11-10-25-14(23)9-13(11)16(12)26-17(15)18(31-24)20(28)30-22(4,5)6/h7-10,18,26H,24H2,1-6H3. The fraction of sp³-hybridized carbons (Fsp3) is 0.409. The van der Waals surface area contributed by atoms with E-state index in [-0.39, 0.29) is 16.4 Å². The maximum atomic E-state index is 13.2. The number of nitrogens with one attached hydrogen (secondary N) is 1. The number of aromatic nitrogens is 2. The highest BCUT2D eigenvalue weighted by Crippen LogP contribution is 2.35. The fourth-order valence-electron chi connectivity index (χ4n) is 3.22. The molecule has 0 spiro atoms. The van der Waals surface area contributed by atoms with Crippen LogP contribution in [-0.2, 0) is 19.1 Å². The van der Waals surface area contributed by atoms with Crippen LogP contribution in [0.2, 0.25) is 5.15 Å². The molecule has 0 aliphatic heterocycles. The lowest BCUT2D eigenvalue weighted by atomic mass is 10.0. The minimum absolute atomic E-state index is 0.140. The summed E-state index contributed by atoms with van der Waals surface area (Å²) in [4.78, 5) is 38.2. The van der Waals surface area contributed by atoms with E-state index in [1.807, 2.05) is 0 Å². The first-order chi connectivity index (χ1) is 14.3. The summed E-state index contributed by atoms with van der Waals surface area (Å²) in [7, 11) is 0. The number of nitrogens with zero attached hydrogens (tertiary/aromatic N) is 1. The van der Waals surface area contributed by atoms with Crippen molar-refractivity contribution in [2.24, 2.45) is 5.90 Å². The van der Waals surface area contributed by atoms with Gasteiger partial charge in [0.05, 0.1) is 16.8 Å². The first-order valence-corrected chi connectivity index (χ1v) is 10.1. The molecule has 3 rings (SSSR count). The first kappa shape index (κ1) is 23.0. The number of hydrogen-bond acceptors (Lipinski definition) is 7. The normalized spacial score (nSPS) is 13.4. The quantitative estimate of drug-likeness (QED) is 0.341. The molecule has 0 saturated heterocycles. The molecule has 0 bridgehead atoms. The van der Waals surface area contributed by atoms with Crippen LogP contribution in [0.5, 0.6) is 0 Å². The smallest absolute Gasteiger partial charge is 0.344 e. The average molecular weight is 448 g/mol. The van der Waals surface area contributed by atoms with Crippen LogP contribution in [0.1, 0.15) is 63.7 Å². The van der Waals surface area contributed by atoms with Crippen LogP contribution in [0.3, 0.4) is 0 Å². The molecule has 3 aromatic rings. The highest BCUT2D eigenvalue weighted by molar-refractivity contribution is 6.30. The van der Waals surface area contributed by atoms with Crippen molar-refractivity contribution in [2.45, 2.75) is 58.8 Å². The van der Waals surface area contributed by atoms with Crippen LogP contribution >= 0.6 is 11.6 Å². The van der Waals surface area contributed by atoms with E-state index < -0.39 is 29.2 Å². The van der Waals surface area contributed by atoms with Gasteiger partial charge in [-0.3, -0.25) is 4.84 Å². The van der Waals surface area contributed by atoms with Crippen molar-refractivity contribution in [1.29, 1.82) is 0 Å². The van der Waals surface area contributed by atoms with Crippen LogP contribution < -0.4 is 5.90 Å². The van der Waals surface area contributed by atoms with Crippen molar-refractivity contribution in [3.05, 3.63) is 40.8 Å². The van der Waals surface area contributed by atoms with Gasteiger partial charge < -0.3 is 14.5 Å². The highest BCUT2D eigenvalue weighted by atomic mass is 35.5. The molecule has 2 heterocycles. The lowest BCUT2D eigenvalue weighted by molar-refractivity contribution is -0.169. The number of halogens is 1. The van der Waals surface area contributed by atoms with E-state index in [1.165, 1.54) is 0 Å². The Kier molecular flexibility index (Phi) is 6.01. The topological polar surface area (TPSA) is 117 Å². The second-order valence-corrected chi connectivity index (χ2v) is 9.57. The molecule has 0 aliphatic carbocycles.